The largest absolute Gasteiger partial charge is 0.455 e. The first-order valence-corrected chi connectivity index (χ1v) is 6.39. The van der Waals surface area contributed by atoms with E-state index in [1.54, 1.807) is 30.3 Å². The number of hydrogen-bond acceptors (Lipinski definition) is 4. The van der Waals surface area contributed by atoms with Crippen LogP contribution in [0, 0.1) is 11.8 Å². The zero-order valence-electron chi connectivity index (χ0n) is 11.1. The highest BCUT2D eigenvalue weighted by Crippen LogP contribution is 2.38. The SMILES string of the molecule is C[C@@H]1C[C@H]1C(=O)OCC(=O)NNC(=O)c1ccccc1. The Labute approximate surface area is 116 Å². The Hall–Kier alpha value is -2.37. The van der Waals surface area contributed by atoms with Crippen LogP contribution < -0.4 is 10.9 Å². The average molecular weight is 276 g/mol. The number of hydrogen-bond donors (Lipinski definition) is 2. The number of carbonyl (C=O) groups is 3. The van der Waals surface area contributed by atoms with Crippen molar-refractivity contribution >= 4 is 17.8 Å². The number of rotatable bonds is 4. The molecule has 6 heteroatoms. The molecule has 1 aromatic carbocycles. The first-order chi connectivity index (χ1) is 9.58. The van der Waals surface area contributed by atoms with E-state index in [9.17, 15) is 14.4 Å². The van der Waals surface area contributed by atoms with Crippen molar-refractivity contribution < 1.29 is 19.1 Å². The lowest BCUT2D eigenvalue weighted by atomic mass is 10.2. The molecule has 6 nitrogen and oxygen atoms in total. The fourth-order valence-corrected chi connectivity index (χ4v) is 1.72. The van der Waals surface area contributed by atoms with Gasteiger partial charge in [0.25, 0.3) is 11.8 Å². The molecule has 0 heterocycles. The smallest absolute Gasteiger partial charge is 0.309 e. The van der Waals surface area contributed by atoms with Crippen LogP contribution in [0.4, 0.5) is 0 Å². The van der Waals surface area contributed by atoms with Gasteiger partial charge in [0.05, 0.1) is 5.92 Å². The van der Waals surface area contributed by atoms with Crippen LogP contribution in [0.25, 0.3) is 0 Å². The quantitative estimate of drug-likeness (QED) is 0.624. The van der Waals surface area contributed by atoms with Crippen molar-refractivity contribution in [2.45, 2.75) is 13.3 Å². The molecule has 106 valence electrons. The van der Waals surface area contributed by atoms with Crippen LogP contribution in [0.1, 0.15) is 23.7 Å². The molecule has 0 aromatic heterocycles. The highest BCUT2D eigenvalue weighted by molar-refractivity contribution is 5.95. The Morgan fingerprint density at radius 1 is 1.20 bits per heavy atom. The lowest BCUT2D eigenvalue weighted by molar-refractivity contribution is -0.150. The Morgan fingerprint density at radius 2 is 1.85 bits per heavy atom. The van der Waals surface area contributed by atoms with E-state index >= 15 is 0 Å². The fraction of sp³-hybridized carbons (Fsp3) is 0.357. The van der Waals surface area contributed by atoms with Crippen LogP contribution in [0.2, 0.25) is 0 Å². The summed E-state index contributed by atoms with van der Waals surface area (Å²) in [6.45, 7) is 1.56. The second-order valence-electron chi connectivity index (χ2n) is 4.80. The topological polar surface area (TPSA) is 84.5 Å². The molecule has 2 atom stereocenters. The van der Waals surface area contributed by atoms with E-state index in [2.05, 4.69) is 10.9 Å². The van der Waals surface area contributed by atoms with Crippen LogP contribution in [0.15, 0.2) is 30.3 Å². The van der Waals surface area contributed by atoms with Gasteiger partial charge in [-0.2, -0.15) is 0 Å². The van der Waals surface area contributed by atoms with Gasteiger partial charge in [0.15, 0.2) is 6.61 Å². The summed E-state index contributed by atoms with van der Waals surface area (Å²) in [7, 11) is 0. The summed E-state index contributed by atoms with van der Waals surface area (Å²) < 4.78 is 4.83. The summed E-state index contributed by atoms with van der Waals surface area (Å²) in [6, 6.07) is 8.46. The first-order valence-electron chi connectivity index (χ1n) is 6.39. The summed E-state index contributed by atoms with van der Waals surface area (Å²) in [5.41, 5.74) is 4.86. The van der Waals surface area contributed by atoms with Crippen molar-refractivity contribution in [3.05, 3.63) is 35.9 Å². The van der Waals surface area contributed by atoms with E-state index in [1.165, 1.54) is 0 Å². The Balaban J connectivity index is 1.67. The number of ether oxygens (including phenoxy) is 1. The second-order valence-corrected chi connectivity index (χ2v) is 4.80. The van der Waals surface area contributed by atoms with E-state index in [-0.39, 0.29) is 11.9 Å². The number of esters is 1. The highest BCUT2D eigenvalue weighted by Gasteiger charge is 2.40. The number of hydrazine groups is 1. The minimum atomic E-state index is -0.573. The van der Waals surface area contributed by atoms with E-state index < -0.39 is 18.4 Å². The van der Waals surface area contributed by atoms with Gasteiger partial charge < -0.3 is 4.74 Å². The molecule has 0 unspecified atom stereocenters. The van der Waals surface area contributed by atoms with Crippen LogP contribution >= 0.6 is 0 Å². The van der Waals surface area contributed by atoms with Gasteiger partial charge in [-0.05, 0) is 24.5 Å². The number of amides is 2. The Bertz CT molecular complexity index is 515. The van der Waals surface area contributed by atoms with Gasteiger partial charge in [-0.25, -0.2) is 0 Å². The molecule has 1 aliphatic rings. The molecule has 0 bridgehead atoms. The predicted octanol–water partition coefficient (Wildman–Crippen LogP) is 0.647. The lowest BCUT2D eigenvalue weighted by Crippen LogP contribution is -2.43. The number of carbonyl (C=O) groups excluding carboxylic acids is 3. The van der Waals surface area contributed by atoms with Crippen molar-refractivity contribution in [3.63, 3.8) is 0 Å². The third-order valence-electron chi connectivity index (χ3n) is 3.11. The molecule has 0 spiro atoms. The third kappa shape index (κ3) is 3.81. The molecule has 2 rings (SSSR count). The fourth-order valence-electron chi connectivity index (χ4n) is 1.72. The van der Waals surface area contributed by atoms with Gasteiger partial charge in [-0.1, -0.05) is 25.1 Å². The molecule has 2 N–H and O–H groups in total. The zero-order chi connectivity index (χ0) is 14.5. The van der Waals surface area contributed by atoms with Crippen molar-refractivity contribution in [2.24, 2.45) is 11.8 Å². The molecule has 1 fully saturated rings. The third-order valence-corrected chi connectivity index (χ3v) is 3.11. The van der Waals surface area contributed by atoms with Crippen LogP contribution in [-0.4, -0.2) is 24.4 Å². The highest BCUT2D eigenvalue weighted by atomic mass is 16.5. The molecule has 1 aliphatic carbocycles. The van der Waals surface area contributed by atoms with Crippen molar-refractivity contribution in [1.82, 2.24) is 10.9 Å². The van der Waals surface area contributed by atoms with Gasteiger partial charge in [-0.3, -0.25) is 25.2 Å². The number of nitrogens with one attached hydrogen (secondary N) is 2. The van der Waals surface area contributed by atoms with Gasteiger partial charge in [-0.15, -0.1) is 0 Å². The lowest BCUT2D eigenvalue weighted by Gasteiger charge is -2.07. The van der Waals surface area contributed by atoms with Gasteiger partial charge in [0.1, 0.15) is 0 Å². The molecule has 1 aromatic rings. The first kappa shape index (κ1) is 14.0. The van der Waals surface area contributed by atoms with Crippen LogP contribution in [0.3, 0.4) is 0 Å². The van der Waals surface area contributed by atoms with E-state index in [0.29, 0.717) is 11.5 Å². The molecule has 0 saturated heterocycles. The van der Waals surface area contributed by atoms with Gasteiger partial charge in [0.2, 0.25) is 0 Å². The molecule has 20 heavy (non-hydrogen) atoms. The van der Waals surface area contributed by atoms with E-state index in [0.717, 1.165) is 6.42 Å². The van der Waals surface area contributed by atoms with Crippen LogP contribution in [-0.2, 0) is 14.3 Å². The summed E-state index contributed by atoms with van der Waals surface area (Å²) in [4.78, 5) is 34.4. The maximum atomic E-state index is 11.6. The van der Waals surface area contributed by atoms with E-state index in [4.69, 9.17) is 4.74 Å². The second kappa shape index (κ2) is 6.18. The van der Waals surface area contributed by atoms with Gasteiger partial charge in [0, 0.05) is 5.56 Å². The van der Waals surface area contributed by atoms with Crippen molar-refractivity contribution in [2.75, 3.05) is 6.61 Å². The average Bonchev–Trinajstić information content (AvgIpc) is 3.20. The van der Waals surface area contributed by atoms with Crippen LogP contribution in [0.5, 0.6) is 0 Å². The normalized spacial score (nSPS) is 19.9. The molecule has 1 saturated carbocycles. The van der Waals surface area contributed by atoms with E-state index in [1.807, 2.05) is 6.92 Å². The van der Waals surface area contributed by atoms with Gasteiger partial charge >= 0.3 is 5.97 Å². The Morgan fingerprint density at radius 3 is 2.45 bits per heavy atom. The molecule has 2 amide bonds. The summed E-state index contributed by atoms with van der Waals surface area (Å²) in [5.74, 6) is -1.11. The monoisotopic (exact) mass is 276 g/mol. The minimum Gasteiger partial charge on any atom is -0.455 e. The van der Waals surface area contributed by atoms with Crippen molar-refractivity contribution in [3.8, 4) is 0 Å². The minimum absolute atomic E-state index is 0.0818. The predicted molar refractivity (Wildman–Crippen MR) is 70.3 cm³/mol. The van der Waals surface area contributed by atoms with Crippen molar-refractivity contribution in [1.29, 1.82) is 0 Å². The summed E-state index contributed by atoms with van der Waals surface area (Å²) in [5, 5.41) is 0. The maximum Gasteiger partial charge on any atom is 0.309 e. The summed E-state index contributed by atoms with van der Waals surface area (Å²) >= 11 is 0. The molecular weight excluding hydrogens is 260 g/mol. The number of benzene rings is 1. The molecular formula is C14H16N2O4. The Kier molecular flexibility index (Phi) is 4.34. The molecule has 0 aliphatic heterocycles. The maximum absolute atomic E-state index is 11.6. The summed E-state index contributed by atoms with van der Waals surface area (Å²) in [6.07, 6.45) is 0.811. The molecule has 0 radical (unpaired) electrons. The zero-order valence-corrected chi connectivity index (χ0v) is 11.1. The standard InChI is InChI=1S/C14H16N2O4/c1-9-7-11(9)14(19)20-8-12(17)15-16-13(18)10-5-3-2-4-6-10/h2-6,9,11H,7-8H2,1H3,(H,15,17)(H,16,18)/t9-,11-/m1/s1.